The molecule has 0 amide bonds. The Morgan fingerprint density at radius 2 is 1.91 bits per heavy atom. The summed E-state index contributed by atoms with van der Waals surface area (Å²) in [5.41, 5.74) is 2.04. The third-order valence-corrected chi connectivity index (χ3v) is 8.90. The second kappa shape index (κ2) is 9.46. The van der Waals surface area contributed by atoms with Gasteiger partial charge in [0.1, 0.15) is 22.2 Å². The Morgan fingerprint density at radius 3 is 2.67 bits per heavy atom. The fraction of sp³-hybridized carbons (Fsp3) is 0.167. The minimum atomic E-state index is -0.249. The van der Waals surface area contributed by atoms with E-state index < -0.39 is 0 Å². The largest absolute Gasteiger partial charge is 1.00 e. The van der Waals surface area contributed by atoms with Crippen molar-refractivity contribution in [2.45, 2.75) is 18.4 Å². The number of halogens is 2. The van der Waals surface area contributed by atoms with Gasteiger partial charge in [0.25, 0.3) is 10.6 Å². The quantitative estimate of drug-likeness (QED) is 0.377. The van der Waals surface area contributed by atoms with Crippen molar-refractivity contribution in [3.05, 3.63) is 83.9 Å². The van der Waals surface area contributed by atoms with Crippen LogP contribution in [-0.2, 0) is 13.6 Å². The number of benzene rings is 2. The van der Waals surface area contributed by atoms with E-state index in [-0.39, 0.29) is 23.8 Å². The van der Waals surface area contributed by atoms with E-state index in [0.717, 1.165) is 24.9 Å². The van der Waals surface area contributed by atoms with Gasteiger partial charge in [-0.3, -0.25) is 9.36 Å². The predicted octanol–water partition coefficient (Wildman–Crippen LogP) is 0.805. The molecule has 0 atom stereocenters. The number of fused-ring (bicyclic) bond motifs is 2. The molecule has 9 heteroatoms. The van der Waals surface area contributed by atoms with Crippen molar-refractivity contribution in [2.75, 3.05) is 11.9 Å². The average Bonchev–Trinajstić information content (AvgIpc) is 3.39. The topological polar surface area (TPSA) is 29.1 Å². The molecule has 4 aromatic rings. The van der Waals surface area contributed by atoms with E-state index in [1.54, 1.807) is 39.8 Å². The van der Waals surface area contributed by atoms with Crippen LogP contribution in [0.25, 0.3) is 22.4 Å². The van der Waals surface area contributed by atoms with Gasteiger partial charge in [0.05, 0.1) is 21.3 Å². The zero-order chi connectivity index (χ0) is 22.4. The zero-order valence-electron chi connectivity index (χ0n) is 18.2. The SMILES string of the molecule is CCn1c(=Cc2sc3ccc(F)cc3[n+]2C)sc(=CC=C2Sc3ccccc3N2C)c1=O.[Cl-]. The van der Waals surface area contributed by atoms with Crippen LogP contribution in [0.3, 0.4) is 0 Å². The van der Waals surface area contributed by atoms with Crippen LogP contribution in [0.1, 0.15) is 11.9 Å². The number of aryl methyl sites for hydroxylation is 1. The first kappa shape index (κ1) is 23.8. The van der Waals surface area contributed by atoms with E-state index in [0.29, 0.717) is 11.1 Å². The predicted molar refractivity (Wildman–Crippen MR) is 133 cm³/mol. The lowest BCUT2D eigenvalue weighted by atomic mass is 10.3. The first-order valence-electron chi connectivity index (χ1n) is 10.2. The van der Waals surface area contributed by atoms with E-state index in [1.165, 1.54) is 28.0 Å². The fourth-order valence-electron chi connectivity index (χ4n) is 3.74. The summed E-state index contributed by atoms with van der Waals surface area (Å²) < 4.78 is 20.0. The molecule has 2 aromatic heterocycles. The van der Waals surface area contributed by atoms with Gasteiger partial charge in [-0.25, -0.2) is 4.39 Å². The average molecular weight is 518 g/mol. The molecule has 0 N–H and O–H groups in total. The monoisotopic (exact) mass is 517 g/mol. The van der Waals surface area contributed by atoms with Gasteiger partial charge < -0.3 is 17.3 Å². The van der Waals surface area contributed by atoms with Gasteiger partial charge in [0.15, 0.2) is 0 Å². The lowest BCUT2D eigenvalue weighted by Crippen LogP contribution is -3.00. The van der Waals surface area contributed by atoms with Gasteiger partial charge in [-0.05, 0) is 43.3 Å². The molecule has 0 fully saturated rings. The van der Waals surface area contributed by atoms with E-state index in [2.05, 4.69) is 17.0 Å². The molecule has 1 aliphatic rings. The number of allylic oxidation sites excluding steroid dienone is 1. The normalized spacial score (nSPS) is 15.5. The van der Waals surface area contributed by atoms with Gasteiger partial charge >= 0.3 is 0 Å². The highest BCUT2D eigenvalue weighted by Crippen LogP contribution is 2.44. The number of nitrogens with zero attached hydrogens (tertiary/aromatic N) is 3. The van der Waals surface area contributed by atoms with Crippen molar-refractivity contribution in [3.8, 4) is 0 Å². The van der Waals surface area contributed by atoms with Crippen LogP contribution in [0.4, 0.5) is 10.1 Å². The number of hydrogen-bond donors (Lipinski definition) is 0. The first-order valence-corrected chi connectivity index (χ1v) is 12.6. The molecule has 0 saturated carbocycles. The summed E-state index contributed by atoms with van der Waals surface area (Å²) in [5.74, 6) is -0.249. The second-order valence-corrected chi connectivity index (χ2v) is 10.6. The van der Waals surface area contributed by atoms with Crippen LogP contribution in [0, 0.1) is 5.82 Å². The molecule has 0 aliphatic carbocycles. The van der Waals surface area contributed by atoms with Crippen molar-refractivity contribution in [1.82, 2.24) is 4.57 Å². The van der Waals surface area contributed by atoms with Gasteiger partial charge in [0.2, 0.25) is 5.52 Å². The molecule has 33 heavy (non-hydrogen) atoms. The Labute approximate surface area is 209 Å². The third-order valence-electron chi connectivity index (χ3n) is 5.48. The van der Waals surface area contributed by atoms with E-state index in [1.807, 2.05) is 55.9 Å². The Hall–Kier alpha value is -2.39. The van der Waals surface area contributed by atoms with Crippen molar-refractivity contribution in [3.63, 3.8) is 0 Å². The maximum atomic E-state index is 13.7. The Balaban J connectivity index is 0.00000259. The van der Waals surface area contributed by atoms with Gasteiger partial charge in [-0.15, -0.1) is 11.3 Å². The molecule has 0 radical (unpaired) electrons. The lowest BCUT2D eigenvalue weighted by Gasteiger charge is -2.12. The minimum Gasteiger partial charge on any atom is -1.00 e. The van der Waals surface area contributed by atoms with Crippen LogP contribution in [0.5, 0.6) is 0 Å². The van der Waals surface area contributed by atoms with Crippen molar-refractivity contribution in [1.29, 1.82) is 0 Å². The van der Waals surface area contributed by atoms with Crippen LogP contribution in [0.2, 0.25) is 0 Å². The summed E-state index contributed by atoms with van der Waals surface area (Å²) in [5, 5.41) is 2.06. The minimum absolute atomic E-state index is 0. The van der Waals surface area contributed by atoms with Crippen LogP contribution in [-0.4, -0.2) is 11.6 Å². The molecule has 0 unspecified atom stereocenters. The Morgan fingerprint density at radius 1 is 1.12 bits per heavy atom. The number of rotatable bonds is 3. The maximum Gasteiger partial charge on any atom is 0.269 e. The molecule has 2 aromatic carbocycles. The van der Waals surface area contributed by atoms with Gasteiger partial charge in [-0.2, -0.15) is 4.57 Å². The summed E-state index contributed by atoms with van der Waals surface area (Å²) in [7, 11) is 3.97. The van der Waals surface area contributed by atoms with Crippen LogP contribution < -0.4 is 36.6 Å². The van der Waals surface area contributed by atoms with E-state index in [9.17, 15) is 9.18 Å². The zero-order valence-corrected chi connectivity index (χ0v) is 21.4. The smallest absolute Gasteiger partial charge is 0.269 e. The molecule has 4 nitrogen and oxygen atoms in total. The summed E-state index contributed by atoms with van der Waals surface area (Å²) in [6.07, 6.45) is 5.96. The number of para-hydroxylation sites is 1. The number of thiazole rings is 2. The highest BCUT2D eigenvalue weighted by Gasteiger charge is 2.20. The summed E-state index contributed by atoms with van der Waals surface area (Å²) in [4.78, 5) is 16.4. The molecular weight excluding hydrogens is 497 g/mol. The summed E-state index contributed by atoms with van der Waals surface area (Å²) in [6.45, 7) is 2.57. The second-order valence-electron chi connectivity index (χ2n) is 7.41. The standard InChI is InChI=1S/C24H21FN3OS3.ClH/c1-4-28-23(14-22-27(3)17-13-15(25)9-10-19(17)31-22)32-20(24(28)29)11-12-21-26(2)16-7-5-6-8-18(16)30-21;/h5-14H,4H2,1-3H3;1H/q+1;/p-1. The van der Waals surface area contributed by atoms with Crippen molar-refractivity contribution < 1.29 is 21.4 Å². The third kappa shape index (κ3) is 4.28. The summed E-state index contributed by atoms with van der Waals surface area (Å²) >= 11 is 4.78. The van der Waals surface area contributed by atoms with Crippen molar-refractivity contribution >= 4 is 62.5 Å². The molecule has 3 heterocycles. The molecule has 0 saturated heterocycles. The van der Waals surface area contributed by atoms with Gasteiger partial charge in [0, 0.05) is 24.6 Å². The number of hydrogen-bond acceptors (Lipinski definition) is 5. The fourth-order valence-corrected chi connectivity index (χ4v) is 6.99. The maximum absolute atomic E-state index is 13.7. The van der Waals surface area contributed by atoms with E-state index in [4.69, 9.17) is 0 Å². The van der Waals surface area contributed by atoms with Crippen LogP contribution >= 0.6 is 34.4 Å². The van der Waals surface area contributed by atoms with E-state index >= 15 is 0 Å². The molecular formula is C24H21ClFN3OS3. The molecule has 5 rings (SSSR count). The molecule has 0 bridgehead atoms. The summed E-state index contributed by atoms with van der Waals surface area (Å²) in [6, 6.07) is 13.1. The van der Waals surface area contributed by atoms with Gasteiger partial charge in [-0.1, -0.05) is 35.2 Å². The lowest BCUT2D eigenvalue weighted by molar-refractivity contribution is -0.642. The Kier molecular flexibility index (Phi) is 6.81. The molecule has 170 valence electrons. The first-order chi connectivity index (χ1) is 15.5. The van der Waals surface area contributed by atoms with Crippen LogP contribution in [0.15, 0.2) is 63.3 Å². The Bertz CT molecular complexity index is 1570. The van der Waals surface area contributed by atoms with Crippen molar-refractivity contribution in [2.24, 2.45) is 7.05 Å². The number of aromatic nitrogens is 2. The highest BCUT2D eigenvalue weighted by atomic mass is 35.5. The molecule has 0 spiro atoms. The number of thioether (sulfide) groups is 1. The molecule has 1 aliphatic heterocycles. The number of anilines is 1. The highest BCUT2D eigenvalue weighted by molar-refractivity contribution is 8.03.